The molecule has 3 rings (SSSR count). The molecule has 11 heteroatoms. The zero-order valence-electron chi connectivity index (χ0n) is 19.2. The molecule has 34 heavy (non-hydrogen) atoms. The van der Waals surface area contributed by atoms with Crippen LogP contribution in [0.15, 0.2) is 35.1 Å². The summed E-state index contributed by atoms with van der Waals surface area (Å²) in [6, 6.07) is 7.86. The van der Waals surface area contributed by atoms with Crippen molar-refractivity contribution in [2.75, 3.05) is 14.2 Å². The first-order chi connectivity index (χ1) is 16.2. The van der Waals surface area contributed by atoms with E-state index in [4.69, 9.17) is 10.1 Å². The van der Waals surface area contributed by atoms with Crippen LogP contribution in [0.3, 0.4) is 0 Å². The van der Waals surface area contributed by atoms with E-state index < -0.39 is 17.6 Å². The van der Waals surface area contributed by atoms with Crippen LogP contribution in [0.25, 0.3) is 11.3 Å². The summed E-state index contributed by atoms with van der Waals surface area (Å²) in [6.07, 6.45) is 1.73. The quantitative estimate of drug-likeness (QED) is 0.341. The van der Waals surface area contributed by atoms with Crippen LogP contribution < -0.4 is 16.2 Å². The lowest BCUT2D eigenvalue weighted by atomic mass is 9.86. The molecule has 11 nitrogen and oxygen atoms in total. The Hall–Kier alpha value is -4.02. The number of carbonyl (C=O) groups excluding carboxylic acids is 3. The third-order valence-electron chi connectivity index (χ3n) is 5.79. The van der Waals surface area contributed by atoms with Crippen molar-refractivity contribution >= 4 is 23.8 Å². The molecule has 0 radical (unpaired) electrons. The van der Waals surface area contributed by atoms with Gasteiger partial charge in [-0.25, -0.2) is 9.48 Å². The van der Waals surface area contributed by atoms with Crippen LogP contribution in [0.5, 0.6) is 0 Å². The van der Waals surface area contributed by atoms with Crippen molar-refractivity contribution in [2.45, 2.75) is 31.7 Å². The van der Waals surface area contributed by atoms with Crippen molar-refractivity contribution in [1.82, 2.24) is 20.4 Å². The van der Waals surface area contributed by atoms with Gasteiger partial charge in [-0.15, -0.1) is 0 Å². The first kappa shape index (κ1) is 24.6. The Morgan fingerprint density at radius 1 is 1.06 bits per heavy atom. The largest absolute Gasteiger partial charge is 0.469 e. The normalized spacial score (nSPS) is 17.4. The second kappa shape index (κ2) is 10.7. The molecule has 1 aromatic carbocycles. The minimum absolute atomic E-state index is 0.0354. The van der Waals surface area contributed by atoms with E-state index in [-0.39, 0.29) is 29.3 Å². The molecule has 0 saturated heterocycles. The third-order valence-corrected chi connectivity index (χ3v) is 5.79. The number of hydrogen-bond acceptors (Lipinski definition) is 8. The Morgan fingerprint density at radius 3 is 2.29 bits per heavy atom. The van der Waals surface area contributed by atoms with Gasteiger partial charge >= 0.3 is 12.1 Å². The molecule has 0 spiro atoms. The molecular weight excluding hydrogens is 442 g/mol. The number of aromatic nitrogens is 2. The summed E-state index contributed by atoms with van der Waals surface area (Å²) in [5.74, 6) is -1.02. The Balaban J connectivity index is 1.74. The van der Waals surface area contributed by atoms with Gasteiger partial charge in [0, 0.05) is 24.2 Å². The molecule has 180 valence electrons. The summed E-state index contributed by atoms with van der Waals surface area (Å²) in [5.41, 5.74) is 0.912. The Bertz CT molecular complexity index is 1150. The van der Waals surface area contributed by atoms with Crippen molar-refractivity contribution in [3.05, 3.63) is 51.8 Å². The molecule has 1 heterocycles. The van der Waals surface area contributed by atoms with Gasteiger partial charge in [-0.1, -0.05) is 24.3 Å². The summed E-state index contributed by atoms with van der Waals surface area (Å²) in [7, 11) is 4.04. The number of aryl methyl sites for hydroxylation is 1. The highest BCUT2D eigenvalue weighted by atomic mass is 16.5. The molecule has 1 fully saturated rings. The number of nitrogens with zero attached hydrogens (tertiary/aromatic N) is 2. The van der Waals surface area contributed by atoms with E-state index in [1.807, 2.05) is 0 Å². The molecular formula is C23H27N5O6. The van der Waals surface area contributed by atoms with Gasteiger partial charge in [0.25, 0.3) is 11.5 Å². The lowest BCUT2D eigenvalue weighted by molar-refractivity contribution is -0.146. The second-order valence-corrected chi connectivity index (χ2v) is 7.99. The van der Waals surface area contributed by atoms with E-state index in [9.17, 15) is 19.2 Å². The zero-order chi connectivity index (χ0) is 24.8. The minimum Gasteiger partial charge on any atom is -0.469 e. The lowest BCUT2D eigenvalue weighted by Crippen LogP contribution is -2.41. The molecule has 3 N–H and O–H groups in total. The van der Waals surface area contributed by atoms with Gasteiger partial charge in [-0.05, 0) is 31.7 Å². The predicted octanol–water partition coefficient (Wildman–Crippen LogP) is 1.59. The maximum atomic E-state index is 12.9. The van der Waals surface area contributed by atoms with E-state index >= 15 is 0 Å². The van der Waals surface area contributed by atoms with Gasteiger partial charge in [0.1, 0.15) is 11.4 Å². The number of amidine groups is 1. The smallest absolute Gasteiger partial charge is 0.412 e. The summed E-state index contributed by atoms with van der Waals surface area (Å²) >= 11 is 0. The molecule has 0 bridgehead atoms. The Labute approximate surface area is 196 Å². The summed E-state index contributed by atoms with van der Waals surface area (Å²) < 4.78 is 10.4. The van der Waals surface area contributed by atoms with Crippen LogP contribution in [0.1, 0.15) is 41.6 Å². The highest BCUT2D eigenvalue weighted by Crippen LogP contribution is 2.25. The number of nitrogens with one attached hydrogen (secondary N) is 3. The number of amides is 2. The van der Waals surface area contributed by atoms with Crippen LogP contribution in [-0.4, -0.2) is 53.8 Å². The SMILES string of the molecule is COC(=O)NC(=N)c1ccc(-c2cc(C(=O)N[C@H]3CC[C@H](C(=O)OC)CC3)c(=O)n(C)n2)cc1. The highest BCUT2D eigenvalue weighted by molar-refractivity contribution is 6.04. The number of esters is 1. The predicted molar refractivity (Wildman–Crippen MR) is 123 cm³/mol. The number of benzene rings is 1. The lowest BCUT2D eigenvalue weighted by Gasteiger charge is -2.27. The molecule has 2 aromatic rings. The van der Waals surface area contributed by atoms with Crippen LogP contribution in [0, 0.1) is 11.3 Å². The van der Waals surface area contributed by atoms with Crippen molar-refractivity contribution in [3.8, 4) is 11.3 Å². The van der Waals surface area contributed by atoms with Gasteiger partial charge in [0.05, 0.1) is 25.8 Å². The first-order valence-electron chi connectivity index (χ1n) is 10.7. The number of rotatable bonds is 5. The zero-order valence-corrected chi connectivity index (χ0v) is 19.2. The summed E-state index contributed by atoms with van der Waals surface area (Å²) in [5, 5.41) is 17.3. The summed E-state index contributed by atoms with van der Waals surface area (Å²) in [6.45, 7) is 0. The van der Waals surface area contributed by atoms with Crippen LogP contribution in [-0.2, 0) is 21.3 Å². The standard InChI is InChI=1S/C23H27N5O6/c1-28-21(30)17(20(29)25-16-10-8-15(9-11-16)22(31)33-2)12-18(27-28)13-4-6-14(7-5-13)19(24)26-23(32)34-3/h4-7,12,15-16H,8-11H2,1-3H3,(H,25,29)(H2,24,26,32)/t15-,16-. The number of alkyl carbamates (subject to hydrolysis) is 1. The monoisotopic (exact) mass is 469 g/mol. The molecule has 0 aliphatic heterocycles. The molecule has 0 unspecified atom stereocenters. The van der Waals surface area contributed by atoms with Crippen LogP contribution in [0.2, 0.25) is 0 Å². The third kappa shape index (κ3) is 5.66. The van der Waals surface area contributed by atoms with Gasteiger partial charge in [0.15, 0.2) is 0 Å². The molecule has 1 saturated carbocycles. The maximum absolute atomic E-state index is 12.9. The summed E-state index contributed by atoms with van der Waals surface area (Å²) in [4.78, 5) is 48.5. The average molecular weight is 469 g/mol. The molecule has 1 aromatic heterocycles. The molecule has 2 amide bonds. The fraction of sp³-hybridized carbons (Fsp3) is 0.391. The van der Waals surface area contributed by atoms with Crippen molar-refractivity contribution in [2.24, 2.45) is 13.0 Å². The second-order valence-electron chi connectivity index (χ2n) is 7.99. The van der Waals surface area contributed by atoms with Crippen molar-refractivity contribution < 1.29 is 23.9 Å². The van der Waals surface area contributed by atoms with Crippen LogP contribution in [0.4, 0.5) is 4.79 Å². The number of methoxy groups -OCH3 is 2. The fourth-order valence-corrected chi connectivity index (χ4v) is 3.85. The highest BCUT2D eigenvalue weighted by Gasteiger charge is 2.28. The van der Waals surface area contributed by atoms with Gasteiger partial charge in [-0.2, -0.15) is 5.10 Å². The molecule has 0 atom stereocenters. The average Bonchev–Trinajstić information content (AvgIpc) is 2.85. The van der Waals surface area contributed by atoms with Gasteiger partial charge in [-0.3, -0.25) is 25.1 Å². The first-order valence-corrected chi connectivity index (χ1v) is 10.7. The molecule has 1 aliphatic carbocycles. The van der Waals surface area contributed by atoms with Gasteiger partial charge in [0.2, 0.25) is 0 Å². The van der Waals surface area contributed by atoms with E-state index in [1.54, 1.807) is 24.3 Å². The van der Waals surface area contributed by atoms with Crippen molar-refractivity contribution in [3.63, 3.8) is 0 Å². The van der Waals surface area contributed by atoms with Crippen molar-refractivity contribution in [1.29, 1.82) is 5.41 Å². The van der Waals surface area contributed by atoms with E-state index in [0.717, 1.165) is 4.68 Å². The number of hydrogen-bond donors (Lipinski definition) is 3. The maximum Gasteiger partial charge on any atom is 0.412 e. The van der Waals surface area contributed by atoms with E-state index in [0.29, 0.717) is 42.5 Å². The topological polar surface area (TPSA) is 152 Å². The molecule has 1 aliphatic rings. The minimum atomic E-state index is -0.747. The number of carbonyl (C=O) groups is 3. The van der Waals surface area contributed by atoms with E-state index in [2.05, 4.69) is 20.5 Å². The van der Waals surface area contributed by atoms with Gasteiger partial charge < -0.3 is 14.8 Å². The number of ether oxygens (including phenoxy) is 2. The van der Waals surface area contributed by atoms with E-state index in [1.165, 1.54) is 27.3 Å². The van der Waals surface area contributed by atoms with Crippen LogP contribution >= 0.6 is 0 Å². The Morgan fingerprint density at radius 2 is 1.71 bits per heavy atom. The fourth-order valence-electron chi connectivity index (χ4n) is 3.85. The Kier molecular flexibility index (Phi) is 7.77.